The highest BCUT2D eigenvalue weighted by Gasteiger charge is 2.24. The molecule has 0 bridgehead atoms. The Morgan fingerprint density at radius 3 is 2.55 bits per heavy atom. The molecule has 2 aromatic rings. The number of benzene rings is 2. The minimum absolute atomic E-state index is 0.154. The van der Waals surface area contributed by atoms with Crippen LogP contribution in [0.1, 0.15) is 15.9 Å². The summed E-state index contributed by atoms with van der Waals surface area (Å²) >= 11 is 3.21. The molecule has 0 atom stereocenters. The third-order valence-corrected chi connectivity index (χ3v) is 3.51. The molecule has 114 valence electrons. The number of carbonyl (C=O) groups is 1. The molecule has 0 aliphatic carbocycles. The Morgan fingerprint density at radius 2 is 1.95 bits per heavy atom. The highest BCUT2D eigenvalue weighted by molar-refractivity contribution is 9.10. The van der Waals surface area contributed by atoms with Gasteiger partial charge in [-0.25, -0.2) is 4.79 Å². The van der Waals surface area contributed by atoms with E-state index in [4.69, 9.17) is 4.74 Å². The van der Waals surface area contributed by atoms with Crippen LogP contribution in [0.4, 0.5) is 5.69 Å². The molecule has 7 heteroatoms. The Bertz CT molecular complexity index is 703. The minimum Gasteiger partial charge on any atom is -0.488 e. The highest BCUT2D eigenvalue weighted by Crippen LogP contribution is 2.33. The average Bonchev–Trinajstić information content (AvgIpc) is 2.53. The van der Waals surface area contributed by atoms with Crippen molar-refractivity contribution in [3.05, 3.63) is 68.2 Å². The molecule has 0 aliphatic heterocycles. The first-order valence-corrected chi connectivity index (χ1v) is 7.05. The molecule has 2 aromatic carbocycles. The number of esters is 1. The largest absolute Gasteiger partial charge is 0.488 e. The standard InChI is InChI=1S/C15H12BrNO5/c1-21-15(18)11-7-14(12(16)8-13(11)17(19)20)22-9-10-5-3-2-4-6-10/h2-8H,9H2,1H3. The third-order valence-electron chi connectivity index (χ3n) is 2.89. The second-order valence-electron chi connectivity index (χ2n) is 4.32. The van der Waals surface area contributed by atoms with Crippen LogP contribution in [0.2, 0.25) is 0 Å². The molecule has 0 aliphatic rings. The molecule has 0 unspecified atom stereocenters. The Morgan fingerprint density at radius 1 is 1.27 bits per heavy atom. The maximum absolute atomic E-state index is 11.7. The van der Waals surface area contributed by atoms with E-state index in [2.05, 4.69) is 20.7 Å². The van der Waals surface area contributed by atoms with E-state index in [9.17, 15) is 14.9 Å². The summed E-state index contributed by atoms with van der Waals surface area (Å²) in [6, 6.07) is 12.0. The fourth-order valence-electron chi connectivity index (χ4n) is 1.81. The van der Waals surface area contributed by atoms with Crippen LogP contribution in [-0.4, -0.2) is 18.0 Å². The summed E-state index contributed by atoms with van der Waals surface area (Å²) in [5.41, 5.74) is 0.442. The summed E-state index contributed by atoms with van der Waals surface area (Å²) < 4.78 is 10.6. The van der Waals surface area contributed by atoms with Crippen molar-refractivity contribution in [2.45, 2.75) is 6.61 Å². The second kappa shape index (κ2) is 7.04. The SMILES string of the molecule is COC(=O)c1cc(OCc2ccccc2)c(Br)cc1[N+](=O)[O-]. The van der Waals surface area contributed by atoms with Crippen molar-refractivity contribution in [2.24, 2.45) is 0 Å². The van der Waals surface area contributed by atoms with Crippen LogP contribution >= 0.6 is 15.9 Å². The van der Waals surface area contributed by atoms with E-state index in [0.717, 1.165) is 5.56 Å². The lowest BCUT2D eigenvalue weighted by Crippen LogP contribution is -2.07. The number of carbonyl (C=O) groups excluding carboxylic acids is 1. The molecule has 0 saturated heterocycles. The molecule has 0 spiro atoms. The molecule has 0 aromatic heterocycles. The lowest BCUT2D eigenvalue weighted by molar-refractivity contribution is -0.385. The predicted molar refractivity (Wildman–Crippen MR) is 82.9 cm³/mol. The number of nitrogens with zero attached hydrogens (tertiary/aromatic N) is 1. The minimum atomic E-state index is -0.788. The molecule has 2 rings (SSSR count). The van der Waals surface area contributed by atoms with Crippen LogP contribution in [-0.2, 0) is 11.3 Å². The number of methoxy groups -OCH3 is 1. The Labute approximate surface area is 134 Å². The van der Waals surface area contributed by atoms with Crippen molar-refractivity contribution >= 4 is 27.6 Å². The number of nitro benzene ring substituents is 1. The zero-order valence-corrected chi connectivity index (χ0v) is 13.2. The number of rotatable bonds is 5. The van der Waals surface area contributed by atoms with Gasteiger partial charge in [-0.05, 0) is 21.5 Å². The van der Waals surface area contributed by atoms with E-state index in [-0.39, 0.29) is 17.9 Å². The lowest BCUT2D eigenvalue weighted by Gasteiger charge is -2.10. The molecule has 0 heterocycles. The number of hydrogen-bond donors (Lipinski definition) is 0. The summed E-state index contributed by atoms with van der Waals surface area (Å²) in [7, 11) is 1.17. The van der Waals surface area contributed by atoms with Crippen LogP contribution in [0.3, 0.4) is 0 Å². The van der Waals surface area contributed by atoms with Gasteiger partial charge < -0.3 is 9.47 Å². The summed E-state index contributed by atoms with van der Waals surface area (Å²) in [6.45, 7) is 0.276. The van der Waals surface area contributed by atoms with Crippen molar-refractivity contribution in [3.8, 4) is 5.75 Å². The van der Waals surface area contributed by atoms with E-state index in [1.165, 1.54) is 19.2 Å². The molecule has 0 fully saturated rings. The van der Waals surface area contributed by atoms with Gasteiger partial charge in [-0.1, -0.05) is 30.3 Å². The van der Waals surface area contributed by atoms with Gasteiger partial charge >= 0.3 is 5.97 Å². The maximum atomic E-state index is 11.7. The van der Waals surface area contributed by atoms with Crippen molar-refractivity contribution in [2.75, 3.05) is 7.11 Å². The number of halogens is 1. The lowest BCUT2D eigenvalue weighted by atomic mass is 10.1. The molecule has 0 N–H and O–H groups in total. The van der Waals surface area contributed by atoms with Gasteiger partial charge in [-0.15, -0.1) is 0 Å². The first-order chi connectivity index (χ1) is 10.5. The van der Waals surface area contributed by atoms with E-state index >= 15 is 0 Å². The zero-order chi connectivity index (χ0) is 16.1. The fraction of sp³-hybridized carbons (Fsp3) is 0.133. The molecule has 6 nitrogen and oxygen atoms in total. The topological polar surface area (TPSA) is 78.7 Å². The number of hydrogen-bond acceptors (Lipinski definition) is 5. The van der Waals surface area contributed by atoms with Crippen molar-refractivity contribution in [1.29, 1.82) is 0 Å². The van der Waals surface area contributed by atoms with Crippen LogP contribution in [0.15, 0.2) is 46.9 Å². The van der Waals surface area contributed by atoms with Crippen LogP contribution < -0.4 is 4.74 Å². The summed E-state index contributed by atoms with van der Waals surface area (Å²) in [6.07, 6.45) is 0. The molecular weight excluding hydrogens is 354 g/mol. The Kier molecular flexibility index (Phi) is 5.11. The van der Waals surface area contributed by atoms with Crippen LogP contribution in [0, 0.1) is 10.1 Å². The van der Waals surface area contributed by atoms with Crippen LogP contribution in [0.5, 0.6) is 5.75 Å². The van der Waals surface area contributed by atoms with E-state index < -0.39 is 10.9 Å². The summed E-state index contributed by atoms with van der Waals surface area (Å²) in [5.74, 6) is -0.460. The Balaban J connectivity index is 2.32. The molecule has 0 amide bonds. The average molecular weight is 366 g/mol. The van der Waals surface area contributed by atoms with E-state index in [1.807, 2.05) is 30.3 Å². The molecular formula is C15H12BrNO5. The van der Waals surface area contributed by atoms with E-state index in [0.29, 0.717) is 10.2 Å². The van der Waals surface area contributed by atoms with Gasteiger partial charge in [0.05, 0.1) is 16.5 Å². The number of nitro groups is 1. The van der Waals surface area contributed by atoms with Gasteiger partial charge in [0.25, 0.3) is 5.69 Å². The zero-order valence-electron chi connectivity index (χ0n) is 11.6. The quantitative estimate of drug-likeness (QED) is 0.458. The van der Waals surface area contributed by atoms with Gasteiger partial charge in [-0.2, -0.15) is 0 Å². The van der Waals surface area contributed by atoms with Gasteiger partial charge in [0.2, 0.25) is 0 Å². The molecule has 0 radical (unpaired) electrons. The van der Waals surface area contributed by atoms with Gasteiger partial charge in [0.1, 0.15) is 17.9 Å². The van der Waals surface area contributed by atoms with Crippen LogP contribution in [0.25, 0.3) is 0 Å². The third kappa shape index (κ3) is 3.62. The predicted octanol–water partition coefficient (Wildman–Crippen LogP) is 3.72. The van der Waals surface area contributed by atoms with Gasteiger partial charge in [0.15, 0.2) is 0 Å². The van der Waals surface area contributed by atoms with Gasteiger partial charge in [-0.3, -0.25) is 10.1 Å². The van der Waals surface area contributed by atoms with Crippen molar-refractivity contribution in [1.82, 2.24) is 0 Å². The monoisotopic (exact) mass is 365 g/mol. The first-order valence-electron chi connectivity index (χ1n) is 6.26. The molecule has 0 saturated carbocycles. The van der Waals surface area contributed by atoms with Gasteiger partial charge in [0, 0.05) is 12.1 Å². The Hall–Kier alpha value is -2.41. The first kappa shape index (κ1) is 16.0. The van der Waals surface area contributed by atoms with Crippen molar-refractivity contribution < 1.29 is 19.2 Å². The van der Waals surface area contributed by atoms with E-state index in [1.54, 1.807) is 0 Å². The summed E-state index contributed by atoms with van der Waals surface area (Å²) in [5, 5.41) is 11.0. The maximum Gasteiger partial charge on any atom is 0.345 e. The smallest absolute Gasteiger partial charge is 0.345 e. The second-order valence-corrected chi connectivity index (χ2v) is 5.18. The highest BCUT2D eigenvalue weighted by atomic mass is 79.9. The molecule has 22 heavy (non-hydrogen) atoms. The summed E-state index contributed by atoms with van der Waals surface area (Å²) in [4.78, 5) is 22.1. The van der Waals surface area contributed by atoms with Crippen molar-refractivity contribution in [3.63, 3.8) is 0 Å². The fourth-order valence-corrected chi connectivity index (χ4v) is 2.26. The normalized spacial score (nSPS) is 10.1. The number of ether oxygens (including phenoxy) is 2.